The van der Waals surface area contributed by atoms with Gasteiger partial charge < -0.3 is 4.90 Å². The number of aromatic nitrogens is 2. The van der Waals surface area contributed by atoms with Crippen LogP contribution in [0.15, 0.2) is 24.5 Å². The average Bonchev–Trinajstić information content (AvgIpc) is 2.93. The monoisotopic (exact) mass is 287 g/mol. The van der Waals surface area contributed by atoms with Crippen molar-refractivity contribution in [2.75, 3.05) is 11.4 Å². The summed E-state index contributed by atoms with van der Waals surface area (Å²) in [7, 11) is 1.80. The standard InChI is InChI=1S/C15H14FN3O2/c1-9-5-11-13(12(16)6-9)19(15(21)14(11)20)4-3-10-7-17-18(2)8-10/h5-8H,3-4H2,1-2H3. The molecule has 21 heavy (non-hydrogen) atoms. The molecule has 0 saturated carbocycles. The summed E-state index contributed by atoms with van der Waals surface area (Å²) in [5, 5.41) is 4.04. The van der Waals surface area contributed by atoms with Gasteiger partial charge in [-0.05, 0) is 36.6 Å². The van der Waals surface area contributed by atoms with Crippen LogP contribution in [-0.2, 0) is 18.3 Å². The molecule has 0 unspecified atom stereocenters. The van der Waals surface area contributed by atoms with Crippen LogP contribution < -0.4 is 4.90 Å². The lowest BCUT2D eigenvalue weighted by Gasteiger charge is -2.16. The molecule has 0 radical (unpaired) electrons. The Morgan fingerprint density at radius 3 is 2.71 bits per heavy atom. The van der Waals surface area contributed by atoms with Gasteiger partial charge in [0.05, 0.1) is 17.4 Å². The van der Waals surface area contributed by atoms with Crippen molar-refractivity contribution in [1.29, 1.82) is 0 Å². The van der Waals surface area contributed by atoms with E-state index in [1.165, 1.54) is 11.0 Å². The first-order valence-corrected chi connectivity index (χ1v) is 6.61. The Labute approximate surface area is 121 Å². The molecular formula is C15H14FN3O2. The van der Waals surface area contributed by atoms with Crippen molar-refractivity contribution in [1.82, 2.24) is 9.78 Å². The third kappa shape index (κ3) is 2.22. The third-order valence-electron chi connectivity index (χ3n) is 3.54. The van der Waals surface area contributed by atoms with E-state index in [-0.39, 0.29) is 17.8 Å². The second-order valence-electron chi connectivity index (χ2n) is 5.20. The maximum atomic E-state index is 14.1. The number of nitrogens with zero attached hydrogens (tertiary/aromatic N) is 3. The maximum Gasteiger partial charge on any atom is 0.299 e. The number of halogens is 1. The highest BCUT2D eigenvalue weighted by Crippen LogP contribution is 2.32. The van der Waals surface area contributed by atoms with Crippen LogP contribution in [0.4, 0.5) is 10.1 Å². The molecule has 3 rings (SSSR count). The van der Waals surface area contributed by atoms with Gasteiger partial charge in [-0.25, -0.2) is 4.39 Å². The Bertz CT molecular complexity index is 751. The van der Waals surface area contributed by atoms with E-state index in [2.05, 4.69) is 5.10 Å². The minimum Gasteiger partial charge on any atom is -0.302 e. The van der Waals surface area contributed by atoms with Crippen LogP contribution in [0.2, 0.25) is 0 Å². The van der Waals surface area contributed by atoms with Gasteiger partial charge in [-0.3, -0.25) is 14.3 Å². The molecule has 0 aliphatic carbocycles. The van der Waals surface area contributed by atoms with E-state index in [4.69, 9.17) is 0 Å². The molecule has 0 fully saturated rings. The van der Waals surface area contributed by atoms with Crippen molar-refractivity contribution < 1.29 is 14.0 Å². The molecule has 1 aliphatic rings. The van der Waals surface area contributed by atoms with Crippen molar-refractivity contribution in [3.05, 3.63) is 47.0 Å². The lowest BCUT2D eigenvalue weighted by atomic mass is 10.1. The number of hydrogen-bond donors (Lipinski definition) is 0. The molecule has 1 amide bonds. The summed E-state index contributed by atoms with van der Waals surface area (Å²) in [6, 6.07) is 2.89. The first-order valence-electron chi connectivity index (χ1n) is 6.61. The predicted octanol–water partition coefficient (Wildman–Crippen LogP) is 1.64. The molecule has 108 valence electrons. The summed E-state index contributed by atoms with van der Waals surface area (Å²) in [4.78, 5) is 25.2. The first kappa shape index (κ1) is 13.5. The number of hydrogen-bond acceptors (Lipinski definition) is 3. The summed E-state index contributed by atoms with van der Waals surface area (Å²) in [5.74, 6) is -1.84. The smallest absolute Gasteiger partial charge is 0.299 e. The van der Waals surface area contributed by atoms with Gasteiger partial charge in [0.1, 0.15) is 5.82 Å². The number of amides is 1. The zero-order valence-electron chi connectivity index (χ0n) is 11.8. The molecule has 2 aromatic rings. The molecule has 1 aliphatic heterocycles. The van der Waals surface area contributed by atoms with Gasteiger partial charge in [0.15, 0.2) is 0 Å². The first-order chi connectivity index (χ1) is 9.97. The van der Waals surface area contributed by atoms with Gasteiger partial charge in [0, 0.05) is 19.8 Å². The number of anilines is 1. The fourth-order valence-electron chi connectivity index (χ4n) is 2.58. The molecule has 1 aromatic carbocycles. The Morgan fingerprint density at radius 2 is 2.05 bits per heavy atom. The summed E-state index contributed by atoms with van der Waals surface area (Å²) < 4.78 is 15.8. The maximum absolute atomic E-state index is 14.1. The van der Waals surface area contributed by atoms with Gasteiger partial charge in [-0.2, -0.15) is 5.10 Å². The van der Waals surface area contributed by atoms with Gasteiger partial charge in [-0.15, -0.1) is 0 Å². The van der Waals surface area contributed by atoms with Crippen molar-refractivity contribution in [3.63, 3.8) is 0 Å². The van der Waals surface area contributed by atoms with E-state index in [0.29, 0.717) is 12.0 Å². The number of rotatable bonds is 3. The highest BCUT2D eigenvalue weighted by Gasteiger charge is 2.37. The highest BCUT2D eigenvalue weighted by atomic mass is 19.1. The van der Waals surface area contributed by atoms with E-state index in [1.807, 2.05) is 6.20 Å². The minimum atomic E-state index is -0.668. The van der Waals surface area contributed by atoms with Crippen LogP contribution in [0.3, 0.4) is 0 Å². The number of carbonyl (C=O) groups is 2. The Kier molecular flexibility index (Phi) is 3.08. The van der Waals surface area contributed by atoms with Gasteiger partial charge >= 0.3 is 0 Å². The normalized spacial score (nSPS) is 14.0. The second-order valence-corrected chi connectivity index (χ2v) is 5.20. The van der Waals surface area contributed by atoms with Crippen LogP contribution in [0.1, 0.15) is 21.5 Å². The molecule has 0 saturated heterocycles. The minimum absolute atomic E-state index is 0.0968. The Hall–Kier alpha value is -2.50. The average molecular weight is 287 g/mol. The SMILES string of the molecule is Cc1cc(F)c2c(c1)C(=O)C(=O)N2CCc1cnn(C)c1. The van der Waals surface area contributed by atoms with E-state index < -0.39 is 17.5 Å². The van der Waals surface area contributed by atoms with E-state index in [9.17, 15) is 14.0 Å². The van der Waals surface area contributed by atoms with Gasteiger partial charge in [-0.1, -0.05) is 0 Å². The van der Waals surface area contributed by atoms with Gasteiger partial charge in [0.25, 0.3) is 11.7 Å². The lowest BCUT2D eigenvalue weighted by Crippen LogP contribution is -2.32. The van der Waals surface area contributed by atoms with Crippen molar-refractivity contribution >= 4 is 17.4 Å². The molecule has 0 spiro atoms. The van der Waals surface area contributed by atoms with E-state index >= 15 is 0 Å². The second kappa shape index (κ2) is 4.80. The number of Topliss-reactive ketones (excluding diaryl/α,β-unsaturated/α-hetero) is 1. The van der Waals surface area contributed by atoms with Crippen molar-refractivity contribution in [2.24, 2.45) is 7.05 Å². The zero-order valence-corrected chi connectivity index (χ0v) is 11.8. The Balaban J connectivity index is 1.90. The van der Waals surface area contributed by atoms with Crippen LogP contribution in [0, 0.1) is 12.7 Å². The molecular weight excluding hydrogens is 273 g/mol. The molecule has 5 nitrogen and oxygen atoms in total. The fourth-order valence-corrected chi connectivity index (χ4v) is 2.58. The van der Waals surface area contributed by atoms with Crippen molar-refractivity contribution in [3.8, 4) is 0 Å². The molecule has 6 heteroatoms. The predicted molar refractivity (Wildman–Crippen MR) is 74.7 cm³/mol. The largest absolute Gasteiger partial charge is 0.302 e. The van der Waals surface area contributed by atoms with E-state index in [1.54, 1.807) is 30.9 Å². The number of carbonyl (C=O) groups excluding carboxylic acids is 2. The summed E-state index contributed by atoms with van der Waals surface area (Å²) in [6.07, 6.45) is 4.03. The number of benzene rings is 1. The van der Waals surface area contributed by atoms with Crippen LogP contribution in [0.25, 0.3) is 0 Å². The highest BCUT2D eigenvalue weighted by molar-refractivity contribution is 6.52. The number of aryl methyl sites for hydroxylation is 2. The number of fused-ring (bicyclic) bond motifs is 1. The lowest BCUT2D eigenvalue weighted by molar-refractivity contribution is -0.114. The van der Waals surface area contributed by atoms with E-state index in [0.717, 1.165) is 5.56 Å². The van der Waals surface area contributed by atoms with Crippen LogP contribution in [-0.4, -0.2) is 28.0 Å². The Morgan fingerprint density at radius 1 is 1.29 bits per heavy atom. The molecule has 1 aromatic heterocycles. The summed E-state index contributed by atoms with van der Waals surface area (Å²) in [6.45, 7) is 1.95. The molecule has 0 atom stereocenters. The summed E-state index contributed by atoms with van der Waals surface area (Å²) in [5.41, 5.74) is 1.81. The molecule has 0 bridgehead atoms. The zero-order chi connectivity index (χ0) is 15.1. The number of ketones is 1. The van der Waals surface area contributed by atoms with Crippen LogP contribution in [0.5, 0.6) is 0 Å². The quantitative estimate of drug-likeness (QED) is 0.806. The van der Waals surface area contributed by atoms with Crippen molar-refractivity contribution in [2.45, 2.75) is 13.3 Å². The summed E-state index contributed by atoms with van der Waals surface area (Å²) >= 11 is 0. The molecule has 2 heterocycles. The fraction of sp³-hybridized carbons (Fsp3) is 0.267. The van der Waals surface area contributed by atoms with Crippen LogP contribution >= 0.6 is 0 Å². The van der Waals surface area contributed by atoms with Gasteiger partial charge in [0.2, 0.25) is 0 Å². The molecule has 0 N–H and O–H groups in total. The topological polar surface area (TPSA) is 55.2 Å². The third-order valence-corrected chi connectivity index (χ3v) is 3.54.